The highest BCUT2D eigenvalue weighted by molar-refractivity contribution is 7.14. The molecule has 0 saturated carbocycles. The van der Waals surface area contributed by atoms with Gasteiger partial charge in [-0.05, 0) is 6.07 Å². The summed E-state index contributed by atoms with van der Waals surface area (Å²) in [5, 5.41) is 5.20. The molecule has 132 valence electrons. The number of ether oxygens (including phenoxy) is 1. The first-order chi connectivity index (χ1) is 12.1. The molecule has 0 atom stereocenters. The third-order valence-electron chi connectivity index (χ3n) is 3.99. The molecule has 1 N–H and O–H groups in total. The zero-order valence-electron chi connectivity index (χ0n) is 14.2. The van der Waals surface area contributed by atoms with Crippen LogP contribution in [0.4, 0.5) is 9.93 Å². The molecule has 2 aromatic rings. The Kier molecular flexibility index (Phi) is 5.18. The molecular weight excluding hydrogens is 340 g/mol. The normalized spacial score (nSPS) is 13.7. The second kappa shape index (κ2) is 7.52. The predicted molar refractivity (Wildman–Crippen MR) is 96.0 cm³/mol. The lowest BCUT2D eigenvalue weighted by Gasteiger charge is -2.18. The number of carbonyl (C=O) groups excluding carboxylic acids is 2. The van der Waals surface area contributed by atoms with Gasteiger partial charge in [0.1, 0.15) is 5.75 Å². The zero-order valence-corrected chi connectivity index (χ0v) is 15.0. The molecule has 0 spiro atoms. The highest BCUT2D eigenvalue weighted by Crippen LogP contribution is 2.23. The van der Waals surface area contributed by atoms with E-state index in [0.29, 0.717) is 30.5 Å². The molecule has 3 rings (SSSR count). The van der Waals surface area contributed by atoms with Crippen LogP contribution >= 0.6 is 11.3 Å². The number of rotatable bonds is 6. The van der Waals surface area contributed by atoms with Gasteiger partial charge < -0.3 is 15.0 Å². The molecule has 0 aliphatic carbocycles. The quantitative estimate of drug-likeness (QED) is 0.854. The average molecular weight is 360 g/mol. The van der Waals surface area contributed by atoms with Crippen molar-refractivity contribution in [2.45, 2.75) is 13.0 Å². The standard InChI is InChI=1S/C17H20N4O3S/c1-20(10-12-5-3-4-6-14(12)24-2)15(22)9-13-11-25-17(19-13)21-8-7-18-16(21)23/h3-6,11H,7-10H2,1-2H3,(H,18,23). The topological polar surface area (TPSA) is 74.8 Å². The van der Waals surface area contributed by atoms with E-state index in [1.165, 1.54) is 11.3 Å². The molecule has 0 bridgehead atoms. The van der Waals surface area contributed by atoms with Crippen molar-refractivity contribution in [1.82, 2.24) is 15.2 Å². The van der Waals surface area contributed by atoms with E-state index in [1.54, 1.807) is 24.0 Å². The number of likely N-dealkylation sites (N-methyl/N-ethyl adjacent to an activating group) is 1. The fourth-order valence-electron chi connectivity index (χ4n) is 2.62. The lowest BCUT2D eigenvalue weighted by Crippen LogP contribution is -2.28. The molecule has 2 heterocycles. The third kappa shape index (κ3) is 3.90. The van der Waals surface area contributed by atoms with E-state index in [1.807, 2.05) is 29.6 Å². The maximum atomic E-state index is 12.5. The van der Waals surface area contributed by atoms with Crippen LogP contribution in [0.15, 0.2) is 29.6 Å². The van der Waals surface area contributed by atoms with Crippen LogP contribution in [0, 0.1) is 0 Å². The number of para-hydroxylation sites is 1. The van der Waals surface area contributed by atoms with Crippen LogP contribution < -0.4 is 15.0 Å². The molecule has 3 amide bonds. The minimum atomic E-state index is -0.138. The number of nitrogens with one attached hydrogen (secondary N) is 1. The van der Waals surface area contributed by atoms with Crippen molar-refractivity contribution < 1.29 is 14.3 Å². The summed E-state index contributed by atoms with van der Waals surface area (Å²) in [4.78, 5) is 31.8. The van der Waals surface area contributed by atoms with Gasteiger partial charge in [0.15, 0.2) is 5.13 Å². The van der Waals surface area contributed by atoms with Gasteiger partial charge in [0.05, 0.1) is 19.2 Å². The minimum Gasteiger partial charge on any atom is -0.496 e. The monoisotopic (exact) mass is 360 g/mol. The van der Waals surface area contributed by atoms with Crippen molar-refractivity contribution in [3.8, 4) is 5.75 Å². The van der Waals surface area contributed by atoms with Gasteiger partial charge in [-0.25, -0.2) is 9.78 Å². The van der Waals surface area contributed by atoms with Gasteiger partial charge in [0.2, 0.25) is 5.91 Å². The minimum absolute atomic E-state index is 0.0337. The summed E-state index contributed by atoms with van der Waals surface area (Å²) >= 11 is 1.38. The summed E-state index contributed by atoms with van der Waals surface area (Å²) in [5.41, 5.74) is 1.63. The molecule has 0 radical (unpaired) electrons. The van der Waals surface area contributed by atoms with Gasteiger partial charge in [-0.15, -0.1) is 11.3 Å². The molecular formula is C17H20N4O3S. The highest BCUT2D eigenvalue weighted by Gasteiger charge is 2.24. The predicted octanol–water partition coefficient (Wildman–Crippen LogP) is 1.88. The van der Waals surface area contributed by atoms with Crippen LogP contribution in [-0.4, -0.2) is 49.1 Å². The second-order valence-corrected chi connectivity index (χ2v) is 6.58. The number of nitrogens with zero attached hydrogens (tertiary/aromatic N) is 3. The van der Waals surface area contributed by atoms with Gasteiger partial charge in [0, 0.05) is 37.6 Å². The number of hydrogen-bond donors (Lipinski definition) is 1. The number of thiazole rings is 1. The number of urea groups is 1. The van der Waals surface area contributed by atoms with Crippen molar-refractivity contribution in [3.63, 3.8) is 0 Å². The highest BCUT2D eigenvalue weighted by atomic mass is 32.1. The number of anilines is 1. The maximum absolute atomic E-state index is 12.5. The summed E-state index contributed by atoms with van der Waals surface area (Å²) in [7, 11) is 3.38. The fraction of sp³-hybridized carbons (Fsp3) is 0.353. The lowest BCUT2D eigenvalue weighted by molar-refractivity contribution is -0.129. The number of benzene rings is 1. The number of aromatic nitrogens is 1. The Bertz CT molecular complexity index is 777. The van der Waals surface area contributed by atoms with E-state index in [9.17, 15) is 9.59 Å². The summed E-state index contributed by atoms with van der Waals surface area (Å²) in [6, 6.07) is 7.50. The SMILES string of the molecule is COc1ccccc1CN(C)C(=O)Cc1csc(N2CCNC2=O)n1. The summed E-state index contributed by atoms with van der Waals surface area (Å²) in [6.45, 7) is 1.69. The molecule has 7 nitrogen and oxygen atoms in total. The number of hydrogen-bond acceptors (Lipinski definition) is 5. The zero-order chi connectivity index (χ0) is 17.8. The summed E-state index contributed by atoms with van der Waals surface area (Å²) in [6.07, 6.45) is 0.206. The Balaban J connectivity index is 1.62. The first kappa shape index (κ1) is 17.2. The molecule has 1 aromatic carbocycles. The molecule has 25 heavy (non-hydrogen) atoms. The van der Waals surface area contributed by atoms with Gasteiger partial charge in [-0.1, -0.05) is 18.2 Å². The largest absolute Gasteiger partial charge is 0.496 e. The van der Waals surface area contributed by atoms with Crippen molar-refractivity contribution in [3.05, 3.63) is 40.9 Å². The smallest absolute Gasteiger partial charge is 0.323 e. The van der Waals surface area contributed by atoms with Gasteiger partial charge >= 0.3 is 6.03 Å². The molecule has 1 aliphatic heterocycles. The first-order valence-corrected chi connectivity index (χ1v) is 8.82. The molecule has 1 aliphatic rings. The average Bonchev–Trinajstić information content (AvgIpc) is 3.23. The molecule has 8 heteroatoms. The molecule has 1 aromatic heterocycles. The van der Waals surface area contributed by atoms with Crippen LogP contribution in [0.25, 0.3) is 0 Å². The molecule has 1 saturated heterocycles. The van der Waals surface area contributed by atoms with Crippen LogP contribution in [0.3, 0.4) is 0 Å². The fourth-order valence-corrected chi connectivity index (χ4v) is 3.47. The number of carbonyl (C=O) groups is 2. The Hall–Kier alpha value is -2.61. The second-order valence-electron chi connectivity index (χ2n) is 5.74. The van der Waals surface area contributed by atoms with E-state index >= 15 is 0 Å². The number of methoxy groups -OCH3 is 1. The van der Waals surface area contributed by atoms with Crippen LogP contribution in [0.2, 0.25) is 0 Å². The van der Waals surface area contributed by atoms with Gasteiger partial charge in [-0.3, -0.25) is 9.69 Å². The van der Waals surface area contributed by atoms with E-state index in [2.05, 4.69) is 10.3 Å². The van der Waals surface area contributed by atoms with Crippen molar-refractivity contribution in [1.29, 1.82) is 0 Å². The Labute approximate surface area is 150 Å². The van der Waals surface area contributed by atoms with Crippen molar-refractivity contribution >= 4 is 28.4 Å². The van der Waals surface area contributed by atoms with E-state index in [0.717, 1.165) is 11.3 Å². The van der Waals surface area contributed by atoms with Crippen LogP contribution in [-0.2, 0) is 17.8 Å². The van der Waals surface area contributed by atoms with E-state index < -0.39 is 0 Å². The summed E-state index contributed by atoms with van der Waals surface area (Å²) in [5.74, 6) is 0.728. The lowest BCUT2D eigenvalue weighted by atomic mass is 10.2. The number of amides is 3. The summed E-state index contributed by atoms with van der Waals surface area (Å²) < 4.78 is 5.32. The maximum Gasteiger partial charge on any atom is 0.323 e. The van der Waals surface area contributed by atoms with Crippen LogP contribution in [0.1, 0.15) is 11.3 Å². The van der Waals surface area contributed by atoms with E-state index in [-0.39, 0.29) is 18.4 Å². The van der Waals surface area contributed by atoms with E-state index in [4.69, 9.17) is 4.74 Å². The molecule has 1 fully saturated rings. The Morgan fingerprint density at radius 2 is 2.24 bits per heavy atom. The van der Waals surface area contributed by atoms with Crippen LogP contribution in [0.5, 0.6) is 5.75 Å². The van der Waals surface area contributed by atoms with Gasteiger partial charge in [0.25, 0.3) is 0 Å². The molecule has 0 unspecified atom stereocenters. The van der Waals surface area contributed by atoms with Gasteiger partial charge in [-0.2, -0.15) is 0 Å². The third-order valence-corrected chi connectivity index (χ3v) is 4.90. The first-order valence-electron chi connectivity index (χ1n) is 7.94. The van der Waals surface area contributed by atoms with Crippen molar-refractivity contribution in [2.75, 3.05) is 32.1 Å². The Morgan fingerprint density at radius 3 is 2.96 bits per heavy atom. The Morgan fingerprint density at radius 1 is 1.44 bits per heavy atom. The van der Waals surface area contributed by atoms with Crippen molar-refractivity contribution in [2.24, 2.45) is 0 Å².